The van der Waals surface area contributed by atoms with Gasteiger partial charge in [0.2, 0.25) is 0 Å². The minimum atomic E-state index is -1.01. The van der Waals surface area contributed by atoms with Crippen LogP contribution in [-0.2, 0) is 10.2 Å². The highest BCUT2D eigenvalue weighted by Crippen LogP contribution is 2.22. The number of nitrogens with one attached hydrogen (secondary N) is 1. The van der Waals surface area contributed by atoms with Crippen LogP contribution in [0.3, 0.4) is 0 Å². The van der Waals surface area contributed by atoms with Crippen LogP contribution in [0, 0.1) is 5.92 Å². The predicted molar refractivity (Wildman–Crippen MR) is 78.9 cm³/mol. The third kappa shape index (κ3) is 4.08. The topological polar surface area (TPSA) is 66.4 Å². The normalized spacial score (nSPS) is 13.1. The number of carboxylic acids is 1. The molecule has 0 aliphatic carbocycles. The van der Waals surface area contributed by atoms with Crippen LogP contribution in [0.1, 0.15) is 50.5 Å². The first kappa shape index (κ1) is 16.2. The van der Waals surface area contributed by atoms with Crippen LogP contribution in [0.15, 0.2) is 24.3 Å². The van der Waals surface area contributed by atoms with Crippen molar-refractivity contribution in [3.8, 4) is 0 Å². The second-order valence-electron chi connectivity index (χ2n) is 6.36. The summed E-state index contributed by atoms with van der Waals surface area (Å²) in [5.41, 5.74) is 1.63. The molecule has 0 radical (unpaired) electrons. The van der Waals surface area contributed by atoms with Crippen LogP contribution < -0.4 is 5.32 Å². The average Bonchev–Trinajstić information content (AvgIpc) is 2.34. The van der Waals surface area contributed by atoms with Gasteiger partial charge in [-0.05, 0) is 29.0 Å². The highest BCUT2D eigenvalue weighted by molar-refractivity contribution is 5.96. The highest BCUT2D eigenvalue weighted by atomic mass is 16.4. The van der Waals surface area contributed by atoms with E-state index in [-0.39, 0.29) is 17.2 Å². The van der Waals surface area contributed by atoms with Crippen molar-refractivity contribution in [1.82, 2.24) is 5.32 Å². The first-order chi connectivity index (χ1) is 9.12. The van der Waals surface area contributed by atoms with E-state index in [2.05, 4.69) is 26.1 Å². The Morgan fingerprint density at radius 1 is 1.10 bits per heavy atom. The van der Waals surface area contributed by atoms with Crippen molar-refractivity contribution in [1.29, 1.82) is 0 Å². The van der Waals surface area contributed by atoms with Crippen molar-refractivity contribution in [2.24, 2.45) is 5.92 Å². The Balaban J connectivity index is 2.85. The van der Waals surface area contributed by atoms with Crippen molar-refractivity contribution in [2.75, 3.05) is 0 Å². The Labute approximate surface area is 120 Å². The van der Waals surface area contributed by atoms with Gasteiger partial charge in [-0.25, -0.2) is 4.79 Å². The molecule has 4 nitrogen and oxygen atoms in total. The summed E-state index contributed by atoms with van der Waals surface area (Å²) in [4.78, 5) is 23.1. The van der Waals surface area contributed by atoms with E-state index in [0.29, 0.717) is 5.56 Å². The fraction of sp³-hybridized carbons (Fsp3) is 0.500. The SMILES string of the molecule is CC(C)[C@@H](NC(=O)c1ccc(C(C)(C)C)cc1)C(=O)O. The number of carbonyl (C=O) groups is 2. The van der Waals surface area contributed by atoms with E-state index >= 15 is 0 Å². The summed E-state index contributed by atoms with van der Waals surface area (Å²) in [6.07, 6.45) is 0. The lowest BCUT2D eigenvalue weighted by molar-refractivity contribution is -0.140. The second kappa shape index (κ2) is 6.07. The summed E-state index contributed by atoms with van der Waals surface area (Å²) < 4.78 is 0. The molecule has 20 heavy (non-hydrogen) atoms. The molecule has 1 atom stereocenters. The van der Waals surface area contributed by atoms with Gasteiger partial charge in [0.1, 0.15) is 6.04 Å². The molecule has 1 amide bonds. The minimum absolute atomic E-state index is 0.0243. The predicted octanol–water partition coefficient (Wildman–Crippen LogP) is 2.82. The molecular weight excluding hydrogens is 254 g/mol. The van der Waals surface area contributed by atoms with Crippen LogP contribution in [0.25, 0.3) is 0 Å². The van der Waals surface area contributed by atoms with Gasteiger partial charge in [0, 0.05) is 5.56 Å². The largest absolute Gasteiger partial charge is 0.480 e. The van der Waals surface area contributed by atoms with Gasteiger partial charge in [-0.2, -0.15) is 0 Å². The molecule has 1 rings (SSSR count). The standard InChI is InChI=1S/C16H23NO3/c1-10(2)13(15(19)20)17-14(18)11-6-8-12(9-7-11)16(3,4)5/h6-10,13H,1-5H3,(H,17,18)(H,19,20)/t13-/m1/s1. The lowest BCUT2D eigenvalue weighted by Gasteiger charge is -2.20. The summed E-state index contributed by atoms with van der Waals surface area (Å²) in [7, 11) is 0. The minimum Gasteiger partial charge on any atom is -0.480 e. The first-order valence-corrected chi connectivity index (χ1v) is 6.77. The Hall–Kier alpha value is -1.84. The molecule has 0 saturated heterocycles. The van der Waals surface area contributed by atoms with Crippen molar-refractivity contribution in [3.05, 3.63) is 35.4 Å². The number of rotatable bonds is 4. The van der Waals surface area contributed by atoms with Gasteiger partial charge in [0.15, 0.2) is 0 Å². The number of benzene rings is 1. The number of hydrogen-bond acceptors (Lipinski definition) is 2. The molecule has 110 valence electrons. The lowest BCUT2D eigenvalue weighted by atomic mass is 9.86. The molecule has 0 unspecified atom stereocenters. The van der Waals surface area contributed by atoms with Gasteiger partial charge < -0.3 is 10.4 Å². The van der Waals surface area contributed by atoms with E-state index in [9.17, 15) is 9.59 Å². The number of carboxylic acid groups (broad SMARTS) is 1. The number of aliphatic carboxylic acids is 1. The van der Waals surface area contributed by atoms with E-state index < -0.39 is 12.0 Å². The molecule has 0 heterocycles. The zero-order valence-electron chi connectivity index (χ0n) is 12.7. The number of carbonyl (C=O) groups excluding carboxylic acids is 1. The summed E-state index contributed by atoms with van der Waals surface area (Å²) in [6.45, 7) is 9.83. The average molecular weight is 277 g/mol. The van der Waals surface area contributed by atoms with Crippen molar-refractivity contribution >= 4 is 11.9 Å². The zero-order chi connectivity index (χ0) is 15.5. The molecule has 0 fully saturated rings. The van der Waals surface area contributed by atoms with E-state index in [1.807, 2.05) is 12.1 Å². The van der Waals surface area contributed by atoms with Crippen molar-refractivity contribution in [2.45, 2.75) is 46.1 Å². The Bertz CT molecular complexity index is 483. The van der Waals surface area contributed by atoms with E-state index in [1.165, 1.54) is 0 Å². The molecule has 0 bridgehead atoms. The number of hydrogen-bond donors (Lipinski definition) is 2. The molecular formula is C16H23NO3. The number of amides is 1. The summed E-state index contributed by atoms with van der Waals surface area (Å²) >= 11 is 0. The molecule has 1 aromatic carbocycles. The quantitative estimate of drug-likeness (QED) is 0.889. The second-order valence-corrected chi connectivity index (χ2v) is 6.36. The fourth-order valence-corrected chi connectivity index (χ4v) is 1.86. The van der Waals surface area contributed by atoms with Gasteiger partial charge in [-0.15, -0.1) is 0 Å². The highest BCUT2D eigenvalue weighted by Gasteiger charge is 2.24. The molecule has 0 aliphatic rings. The lowest BCUT2D eigenvalue weighted by Crippen LogP contribution is -2.44. The monoisotopic (exact) mass is 277 g/mol. The van der Waals surface area contributed by atoms with Crippen LogP contribution in [-0.4, -0.2) is 23.0 Å². The first-order valence-electron chi connectivity index (χ1n) is 6.77. The van der Waals surface area contributed by atoms with E-state index in [4.69, 9.17) is 5.11 Å². The van der Waals surface area contributed by atoms with Crippen LogP contribution in [0.2, 0.25) is 0 Å². The Morgan fingerprint density at radius 3 is 1.95 bits per heavy atom. The van der Waals surface area contributed by atoms with Crippen molar-refractivity contribution < 1.29 is 14.7 Å². The maximum Gasteiger partial charge on any atom is 0.326 e. The van der Waals surface area contributed by atoms with Gasteiger partial charge >= 0.3 is 5.97 Å². The zero-order valence-corrected chi connectivity index (χ0v) is 12.7. The van der Waals surface area contributed by atoms with Crippen molar-refractivity contribution in [3.63, 3.8) is 0 Å². The third-order valence-corrected chi connectivity index (χ3v) is 3.23. The molecule has 0 aliphatic heterocycles. The van der Waals surface area contributed by atoms with Crippen LogP contribution >= 0.6 is 0 Å². The Morgan fingerprint density at radius 2 is 1.60 bits per heavy atom. The van der Waals surface area contributed by atoms with Crippen LogP contribution in [0.4, 0.5) is 0 Å². The summed E-state index contributed by atoms with van der Waals surface area (Å²) in [5, 5.41) is 11.6. The van der Waals surface area contributed by atoms with Gasteiger partial charge in [-0.1, -0.05) is 46.8 Å². The Kier molecular flexibility index (Phi) is 4.93. The van der Waals surface area contributed by atoms with Crippen LogP contribution in [0.5, 0.6) is 0 Å². The van der Waals surface area contributed by atoms with Gasteiger partial charge in [0.05, 0.1) is 0 Å². The van der Waals surface area contributed by atoms with Gasteiger partial charge in [-0.3, -0.25) is 4.79 Å². The fourth-order valence-electron chi connectivity index (χ4n) is 1.86. The third-order valence-electron chi connectivity index (χ3n) is 3.23. The molecule has 0 saturated carbocycles. The van der Waals surface area contributed by atoms with Gasteiger partial charge in [0.25, 0.3) is 5.91 Å². The maximum absolute atomic E-state index is 12.1. The molecule has 1 aromatic rings. The molecule has 4 heteroatoms. The summed E-state index contributed by atoms with van der Waals surface area (Å²) in [5.74, 6) is -1.53. The molecule has 2 N–H and O–H groups in total. The van der Waals surface area contributed by atoms with E-state index in [1.54, 1.807) is 26.0 Å². The molecule has 0 aromatic heterocycles. The summed E-state index contributed by atoms with van der Waals surface area (Å²) in [6, 6.07) is 6.40. The molecule has 0 spiro atoms. The maximum atomic E-state index is 12.1. The smallest absolute Gasteiger partial charge is 0.326 e. The van der Waals surface area contributed by atoms with E-state index in [0.717, 1.165) is 5.56 Å².